The summed E-state index contributed by atoms with van der Waals surface area (Å²) in [6.07, 6.45) is 1.50. The van der Waals surface area contributed by atoms with Gasteiger partial charge in [-0.25, -0.2) is 0 Å². The number of hydrogen-bond acceptors (Lipinski definition) is 3. The second kappa shape index (κ2) is 6.95. The Morgan fingerprint density at radius 1 is 1.29 bits per heavy atom. The number of nitrogens with zero attached hydrogens (tertiary/aromatic N) is 1. The Hall–Kier alpha value is -2.49. The molecule has 2 aromatic carbocycles. The Bertz CT molecular complexity index is 742. The molecule has 1 heterocycles. The minimum atomic E-state index is 0.00970. The van der Waals surface area contributed by atoms with Crippen LogP contribution < -0.4 is 15.0 Å². The minimum Gasteiger partial charge on any atom is -0.495 e. The number of para-hydroxylation sites is 1. The van der Waals surface area contributed by atoms with Gasteiger partial charge in [-0.15, -0.1) is 0 Å². The molecule has 4 heteroatoms. The number of methoxy groups -OCH3 is 1. The van der Waals surface area contributed by atoms with E-state index in [0.29, 0.717) is 18.2 Å². The van der Waals surface area contributed by atoms with E-state index in [4.69, 9.17) is 4.74 Å². The molecule has 0 radical (unpaired) electrons. The summed E-state index contributed by atoms with van der Waals surface area (Å²) in [5.41, 5.74) is 4.45. The van der Waals surface area contributed by atoms with Crippen molar-refractivity contribution in [3.8, 4) is 5.75 Å². The predicted molar refractivity (Wildman–Crippen MR) is 97.9 cm³/mol. The van der Waals surface area contributed by atoms with Gasteiger partial charge < -0.3 is 15.0 Å². The van der Waals surface area contributed by atoms with E-state index in [-0.39, 0.29) is 5.91 Å². The summed E-state index contributed by atoms with van der Waals surface area (Å²) >= 11 is 0. The Kier molecular flexibility index (Phi) is 4.74. The van der Waals surface area contributed by atoms with Crippen LogP contribution in [0, 0.1) is 6.92 Å². The highest BCUT2D eigenvalue weighted by molar-refractivity contribution is 5.92. The maximum atomic E-state index is 12.4. The van der Waals surface area contributed by atoms with Gasteiger partial charge in [-0.3, -0.25) is 4.79 Å². The van der Waals surface area contributed by atoms with Gasteiger partial charge in [0, 0.05) is 24.7 Å². The highest BCUT2D eigenvalue weighted by Gasteiger charge is 2.25. The summed E-state index contributed by atoms with van der Waals surface area (Å²) < 4.78 is 5.32. The van der Waals surface area contributed by atoms with E-state index < -0.39 is 0 Å². The van der Waals surface area contributed by atoms with Gasteiger partial charge in [0.05, 0.1) is 12.8 Å². The molecule has 1 aliphatic heterocycles. The fraction of sp³-hybridized carbons (Fsp3) is 0.350. The van der Waals surface area contributed by atoms with Crippen LogP contribution in [0.5, 0.6) is 5.75 Å². The van der Waals surface area contributed by atoms with Crippen molar-refractivity contribution in [2.24, 2.45) is 0 Å². The number of aryl methyl sites for hydroxylation is 1. The first kappa shape index (κ1) is 16.4. The van der Waals surface area contributed by atoms with E-state index >= 15 is 0 Å². The van der Waals surface area contributed by atoms with Gasteiger partial charge in [0.1, 0.15) is 5.75 Å². The Balaban J connectivity index is 1.63. The summed E-state index contributed by atoms with van der Waals surface area (Å²) in [5.74, 6) is 0.698. The van der Waals surface area contributed by atoms with E-state index in [1.54, 1.807) is 7.11 Å². The molecule has 0 saturated carbocycles. The van der Waals surface area contributed by atoms with Crippen molar-refractivity contribution in [3.05, 3.63) is 53.6 Å². The molecule has 0 bridgehead atoms. The van der Waals surface area contributed by atoms with Gasteiger partial charge in [0.25, 0.3) is 0 Å². The fourth-order valence-corrected chi connectivity index (χ4v) is 3.32. The van der Waals surface area contributed by atoms with Crippen molar-refractivity contribution in [1.29, 1.82) is 0 Å². The first-order valence-corrected chi connectivity index (χ1v) is 8.37. The average molecular weight is 324 g/mol. The summed E-state index contributed by atoms with van der Waals surface area (Å²) in [6.45, 7) is 4.93. The summed E-state index contributed by atoms with van der Waals surface area (Å²) in [4.78, 5) is 14.7. The lowest BCUT2D eigenvalue weighted by molar-refractivity contribution is -0.116. The summed E-state index contributed by atoms with van der Waals surface area (Å²) in [7, 11) is 1.61. The van der Waals surface area contributed by atoms with Crippen molar-refractivity contribution >= 4 is 17.3 Å². The number of rotatable bonds is 5. The van der Waals surface area contributed by atoms with Crippen LogP contribution in [-0.2, 0) is 11.2 Å². The monoisotopic (exact) mass is 324 g/mol. The molecule has 0 fully saturated rings. The molecule has 126 valence electrons. The largest absolute Gasteiger partial charge is 0.495 e. The van der Waals surface area contributed by atoms with Gasteiger partial charge >= 0.3 is 0 Å². The second-order valence-electron chi connectivity index (χ2n) is 6.38. The maximum Gasteiger partial charge on any atom is 0.226 e. The number of benzene rings is 2. The third-order valence-corrected chi connectivity index (χ3v) is 4.56. The molecular weight excluding hydrogens is 300 g/mol. The highest BCUT2D eigenvalue weighted by atomic mass is 16.5. The molecule has 24 heavy (non-hydrogen) atoms. The van der Waals surface area contributed by atoms with Crippen LogP contribution in [0.4, 0.5) is 11.4 Å². The molecule has 1 atom stereocenters. The van der Waals surface area contributed by atoms with E-state index in [2.05, 4.69) is 41.4 Å². The second-order valence-corrected chi connectivity index (χ2v) is 6.38. The smallest absolute Gasteiger partial charge is 0.226 e. The topological polar surface area (TPSA) is 41.6 Å². The van der Waals surface area contributed by atoms with Gasteiger partial charge in [-0.1, -0.05) is 24.3 Å². The van der Waals surface area contributed by atoms with Crippen LogP contribution >= 0.6 is 0 Å². The molecule has 1 N–H and O–H groups in total. The zero-order chi connectivity index (χ0) is 17.1. The third kappa shape index (κ3) is 3.37. The zero-order valence-corrected chi connectivity index (χ0v) is 14.5. The van der Waals surface area contributed by atoms with Crippen molar-refractivity contribution in [2.75, 3.05) is 23.9 Å². The molecule has 0 aromatic heterocycles. The lowest BCUT2D eigenvalue weighted by Crippen LogP contribution is -2.32. The normalized spacial score (nSPS) is 16.0. The van der Waals surface area contributed by atoms with Crippen LogP contribution in [0.3, 0.4) is 0 Å². The lowest BCUT2D eigenvalue weighted by atomic mass is 10.1. The Labute approximate surface area is 143 Å². The summed E-state index contributed by atoms with van der Waals surface area (Å²) in [6, 6.07) is 14.7. The summed E-state index contributed by atoms with van der Waals surface area (Å²) in [5, 5.41) is 2.97. The molecule has 3 rings (SSSR count). The molecule has 0 aliphatic carbocycles. The lowest BCUT2D eigenvalue weighted by Gasteiger charge is -2.24. The zero-order valence-electron chi connectivity index (χ0n) is 14.5. The maximum absolute atomic E-state index is 12.4. The first-order chi connectivity index (χ1) is 11.6. The van der Waals surface area contributed by atoms with Crippen molar-refractivity contribution < 1.29 is 9.53 Å². The van der Waals surface area contributed by atoms with Crippen LogP contribution in [0.15, 0.2) is 42.5 Å². The quantitative estimate of drug-likeness (QED) is 0.910. The number of nitrogens with one attached hydrogen (secondary N) is 1. The predicted octanol–water partition coefficient (Wildman–Crippen LogP) is 3.78. The first-order valence-electron chi connectivity index (χ1n) is 8.37. The van der Waals surface area contributed by atoms with E-state index in [1.165, 1.54) is 11.3 Å². The number of carbonyl (C=O) groups excluding carboxylic acids is 1. The third-order valence-electron chi connectivity index (χ3n) is 4.56. The van der Waals surface area contributed by atoms with Gasteiger partial charge in [0.2, 0.25) is 5.91 Å². The molecule has 0 spiro atoms. The standard InChI is InChI=1S/C20H24N2O2/c1-14-8-9-19(24-3)17(12-14)21-20(23)10-11-22-15(2)13-16-6-4-5-7-18(16)22/h4-9,12,15H,10-11,13H2,1-3H3,(H,21,23). The van der Waals surface area contributed by atoms with Gasteiger partial charge in [-0.05, 0) is 49.6 Å². The average Bonchev–Trinajstić information content (AvgIpc) is 2.88. The fourth-order valence-electron chi connectivity index (χ4n) is 3.32. The van der Waals surface area contributed by atoms with Crippen LogP contribution in [-0.4, -0.2) is 25.6 Å². The Morgan fingerprint density at radius 3 is 2.88 bits per heavy atom. The SMILES string of the molecule is COc1ccc(C)cc1NC(=O)CCN1c2ccccc2CC1C. The Morgan fingerprint density at radius 2 is 2.08 bits per heavy atom. The van der Waals surface area contributed by atoms with Crippen LogP contribution in [0.1, 0.15) is 24.5 Å². The molecule has 1 aliphatic rings. The molecule has 4 nitrogen and oxygen atoms in total. The molecule has 1 amide bonds. The highest BCUT2D eigenvalue weighted by Crippen LogP contribution is 2.32. The number of ether oxygens (including phenoxy) is 1. The number of hydrogen-bond donors (Lipinski definition) is 1. The van der Waals surface area contributed by atoms with Crippen LogP contribution in [0.2, 0.25) is 0 Å². The molecular formula is C20H24N2O2. The number of amides is 1. The van der Waals surface area contributed by atoms with Crippen molar-refractivity contribution in [3.63, 3.8) is 0 Å². The van der Waals surface area contributed by atoms with E-state index in [1.807, 2.05) is 25.1 Å². The molecule has 2 aromatic rings. The van der Waals surface area contributed by atoms with E-state index in [9.17, 15) is 4.79 Å². The molecule has 1 unspecified atom stereocenters. The number of carbonyl (C=O) groups is 1. The van der Waals surface area contributed by atoms with Crippen molar-refractivity contribution in [1.82, 2.24) is 0 Å². The minimum absolute atomic E-state index is 0.00970. The number of anilines is 2. The van der Waals surface area contributed by atoms with Gasteiger partial charge in [-0.2, -0.15) is 0 Å². The molecule has 0 saturated heterocycles. The van der Waals surface area contributed by atoms with Crippen LogP contribution in [0.25, 0.3) is 0 Å². The van der Waals surface area contributed by atoms with Gasteiger partial charge in [0.15, 0.2) is 0 Å². The van der Waals surface area contributed by atoms with E-state index in [0.717, 1.165) is 24.2 Å². The van der Waals surface area contributed by atoms with Crippen molar-refractivity contribution in [2.45, 2.75) is 32.7 Å². The number of fused-ring (bicyclic) bond motifs is 1.